The molecular formula is C24H28FN3O3S. The van der Waals surface area contributed by atoms with Gasteiger partial charge in [-0.15, -0.1) is 0 Å². The van der Waals surface area contributed by atoms with Gasteiger partial charge < -0.3 is 15.5 Å². The summed E-state index contributed by atoms with van der Waals surface area (Å²) in [5, 5.41) is 5.54. The van der Waals surface area contributed by atoms with Gasteiger partial charge in [-0.05, 0) is 47.9 Å². The molecule has 0 spiro atoms. The number of nitrogens with zero attached hydrogens (tertiary/aromatic N) is 1. The first-order valence-electron chi connectivity index (χ1n) is 10.6. The molecule has 1 unspecified atom stereocenters. The first-order valence-corrected chi connectivity index (χ1v) is 11.8. The van der Waals surface area contributed by atoms with Crippen molar-refractivity contribution in [2.45, 2.75) is 26.3 Å². The van der Waals surface area contributed by atoms with E-state index in [2.05, 4.69) is 10.6 Å². The van der Waals surface area contributed by atoms with E-state index in [1.807, 2.05) is 42.6 Å². The van der Waals surface area contributed by atoms with Crippen molar-refractivity contribution in [3.8, 4) is 0 Å². The van der Waals surface area contributed by atoms with E-state index in [1.54, 1.807) is 12.1 Å². The van der Waals surface area contributed by atoms with Gasteiger partial charge >= 0.3 is 0 Å². The molecule has 8 heteroatoms. The maximum Gasteiger partial charge on any atom is 0.251 e. The number of carbonyl (C=O) groups is 3. The number of benzene rings is 2. The highest BCUT2D eigenvalue weighted by atomic mass is 32.2. The highest BCUT2D eigenvalue weighted by Gasteiger charge is 2.25. The van der Waals surface area contributed by atoms with Crippen molar-refractivity contribution >= 4 is 35.2 Å². The summed E-state index contributed by atoms with van der Waals surface area (Å²) in [5.41, 5.74) is 1.75. The van der Waals surface area contributed by atoms with Crippen molar-refractivity contribution in [1.29, 1.82) is 0 Å². The van der Waals surface area contributed by atoms with Crippen LogP contribution in [-0.2, 0) is 16.0 Å². The molecule has 0 radical (unpaired) electrons. The fraction of sp³-hybridized carbons (Fsp3) is 0.375. The minimum Gasteiger partial charge on any atom is -0.341 e. The van der Waals surface area contributed by atoms with Crippen molar-refractivity contribution in [2.75, 3.05) is 29.9 Å². The molecule has 1 aliphatic heterocycles. The number of hydrogen-bond acceptors (Lipinski definition) is 4. The smallest absolute Gasteiger partial charge is 0.251 e. The number of rotatable bonds is 7. The zero-order valence-electron chi connectivity index (χ0n) is 18.3. The summed E-state index contributed by atoms with van der Waals surface area (Å²) in [5.74, 6) is 0.704. The SMILES string of the molecule is CC(C)C(NC(=O)c1ccc(F)cc1)C(=O)Nc1ccc(CC(=O)N2CCSCC2)cc1. The van der Waals surface area contributed by atoms with E-state index in [0.717, 1.165) is 30.2 Å². The van der Waals surface area contributed by atoms with Crippen molar-refractivity contribution < 1.29 is 18.8 Å². The topological polar surface area (TPSA) is 78.5 Å². The van der Waals surface area contributed by atoms with Gasteiger partial charge in [0.2, 0.25) is 11.8 Å². The first kappa shape index (κ1) is 23.8. The van der Waals surface area contributed by atoms with Crippen LogP contribution in [0.5, 0.6) is 0 Å². The van der Waals surface area contributed by atoms with Crippen LogP contribution in [0.3, 0.4) is 0 Å². The first-order chi connectivity index (χ1) is 15.3. The van der Waals surface area contributed by atoms with Gasteiger partial charge in [-0.25, -0.2) is 4.39 Å². The maximum atomic E-state index is 13.1. The number of amides is 3. The molecular weight excluding hydrogens is 429 g/mol. The number of carbonyl (C=O) groups excluding carboxylic acids is 3. The molecule has 1 fully saturated rings. The molecule has 2 N–H and O–H groups in total. The third-order valence-corrected chi connectivity index (χ3v) is 6.23. The Balaban J connectivity index is 1.58. The Morgan fingerprint density at radius 2 is 1.62 bits per heavy atom. The molecule has 1 heterocycles. The van der Waals surface area contributed by atoms with Gasteiger partial charge in [-0.3, -0.25) is 14.4 Å². The Labute approximate surface area is 191 Å². The van der Waals surface area contributed by atoms with E-state index in [1.165, 1.54) is 24.3 Å². The molecule has 0 aliphatic carbocycles. The lowest BCUT2D eigenvalue weighted by atomic mass is 10.0. The Morgan fingerprint density at radius 1 is 1.00 bits per heavy atom. The second kappa shape index (κ2) is 11.1. The maximum absolute atomic E-state index is 13.1. The lowest BCUT2D eigenvalue weighted by molar-refractivity contribution is -0.130. The van der Waals surface area contributed by atoms with E-state index in [-0.39, 0.29) is 23.3 Å². The average molecular weight is 458 g/mol. The fourth-order valence-electron chi connectivity index (χ4n) is 3.39. The number of thioether (sulfide) groups is 1. The van der Waals surface area contributed by atoms with Crippen LogP contribution in [0.1, 0.15) is 29.8 Å². The highest BCUT2D eigenvalue weighted by Crippen LogP contribution is 2.15. The number of halogens is 1. The Kier molecular flexibility index (Phi) is 8.27. The van der Waals surface area contributed by atoms with Crippen LogP contribution < -0.4 is 10.6 Å². The lowest BCUT2D eigenvalue weighted by Crippen LogP contribution is -2.47. The zero-order valence-corrected chi connectivity index (χ0v) is 19.1. The Hall–Kier alpha value is -2.87. The monoisotopic (exact) mass is 457 g/mol. The standard InChI is InChI=1S/C24H28FN3O3S/c1-16(2)22(27-23(30)18-5-7-19(25)8-6-18)24(31)26-20-9-3-17(4-10-20)15-21(29)28-11-13-32-14-12-28/h3-10,16,22H,11-15H2,1-2H3,(H,26,31)(H,27,30). The van der Waals surface area contributed by atoms with Crippen molar-refractivity contribution in [1.82, 2.24) is 10.2 Å². The number of nitrogens with one attached hydrogen (secondary N) is 2. The van der Waals surface area contributed by atoms with Crippen molar-refractivity contribution in [3.63, 3.8) is 0 Å². The van der Waals surface area contributed by atoms with Crippen molar-refractivity contribution in [3.05, 3.63) is 65.5 Å². The van der Waals surface area contributed by atoms with E-state index in [0.29, 0.717) is 12.1 Å². The Morgan fingerprint density at radius 3 is 2.22 bits per heavy atom. The summed E-state index contributed by atoms with van der Waals surface area (Å²) in [4.78, 5) is 39.6. The summed E-state index contributed by atoms with van der Waals surface area (Å²) < 4.78 is 13.1. The molecule has 2 aromatic rings. The minimum absolute atomic E-state index is 0.116. The largest absolute Gasteiger partial charge is 0.341 e. The van der Waals surface area contributed by atoms with Gasteiger partial charge in [0.05, 0.1) is 6.42 Å². The quantitative estimate of drug-likeness (QED) is 0.669. The minimum atomic E-state index is -0.759. The highest BCUT2D eigenvalue weighted by molar-refractivity contribution is 7.99. The van der Waals surface area contributed by atoms with E-state index in [9.17, 15) is 18.8 Å². The normalized spacial score (nSPS) is 14.7. The van der Waals surface area contributed by atoms with Gasteiger partial charge in [0.15, 0.2) is 0 Å². The molecule has 1 aliphatic rings. The van der Waals surface area contributed by atoms with Gasteiger partial charge in [-0.1, -0.05) is 26.0 Å². The summed E-state index contributed by atoms with van der Waals surface area (Å²) in [6, 6.07) is 11.6. The van der Waals surface area contributed by atoms with Gasteiger partial charge in [0, 0.05) is 35.8 Å². The van der Waals surface area contributed by atoms with Crippen LogP contribution in [0.25, 0.3) is 0 Å². The van der Waals surface area contributed by atoms with Crippen LogP contribution >= 0.6 is 11.8 Å². The second-order valence-corrected chi connectivity index (χ2v) is 9.28. The summed E-state index contributed by atoms with van der Waals surface area (Å²) >= 11 is 1.86. The molecule has 6 nitrogen and oxygen atoms in total. The van der Waals surface area contributed by atoms with E-state index < -0.39 is 17.8 Å². The Bertz CT molecular complexity index is 942. The lowest BCUT2D eigenvalue weighted by Gasteiger charge is -2.26. The van der Waals surface area contributed by atoms with E-state index >= 15 is 0 Å². The molecule has 1 atom stereocenters. The third-order valence-electron chi connectivity index (χ3n) is 5.28. The summed E-state index contributed by atoms with van der Waals surface area (Å²) in [6.45, 7) is 5.25. The van der Waals surface area contributed by atoms with Gasteiger partial charge in [0.25, 0.3) is 5.91 Å². The molecule has 32 heavy (non-hydrogen) atoms. The van der Waals surface area contributed by atoms with Crippen LogP contribution in [0.4, 0.5) is 10.1 Å². The molecule has 0 saturated carbocycles. The third kappa shape index (κ3) is 6.56. The predicted molar refractivity (Wildman–Crippen MR) is 125 cm³/mol. The zero-order chi connectivity index (χ0) is 23.1. The van der Waals surface area contributed by atoms with Gasteiger partial charge in [0.1, 0.15) is 11.9 Å². The molecule has 0 aromatic heterocycles. The fourth-order valence-corrected chi connectivity index (χ4v) is 4.29. The van der Waals surface area contributed by atoms with E-state index in [4.69, 9.17) is 0 Å². The number of hydrogen-bond donors (Lipinski definition) is 2. The van der Waals surface area contributed by atoms with Gasteiger partial charge in [-0.2, -0.15) is 11.8 Å². The molecule has 2 aromatic carbocycles. The van der Waals surface area contributed by atoms with Crippen molar-refractivity contribution in [2.24, 2.45) is 5.92 Å². The van der Waals surface area contributed by atoms with Crippen LogP contribution in [0, 0.1) is 11.7 Å². The molecule has 3 amide bonds. The van der Waals surface area contributed by atoms with Crippen LogP contribution in [0.15, 0.2) is 48.5 Å². The second-order valence-electron chi connectivity index (χ2n) is 8.06. The molecule has 1 saturated heterocycles. The summed E-state index contributed by atoms with van der Waals surface area (Å²) in [6.07, 6.45) is 0.335. The predicted octanol–water partition coefficient (Wildman–Crippen LogP) is 3.34. The van der Waals surface area contributed by atoms with Crippen LogP contribution in [-0.4, -0.2) is 53.3 Å². The average Bonchev–Trinajstić information content (AvgIpc) is 2.79. The summed E-state index contributed by atoms with van der Waals surface area (Å²) in [7, 11) is 0. The van der Waals surface area contributed by atoms with Crippen LogP contribution in [0.2, 0.25) is 0 Å². The molecule has 170 valence electrons. The molecule has 0 bridgehead atoms. The number of anilines is 1. The molecule has 3 rings (SSSR count).